The Bertz CT molecular complexity index is 826. The molecule has 1 aromatic carbocycles. The molecule has 1 saturated carbocycles. The Morgan fingerprint density at radius 3 is 2.87 bits per heavy atom. The fourth-order valence-corrected chi connectivity index (χ4v) is 4.83. The predicted molar refractivity (Wildman–Crippen MR) is 112 cm³/mol. The third-order valence-electron chi connectivity index (χ3n) is 6.81. The second-order valence-corrected chi connectivity index (χ2v) is 8.96. The fraction of sp³-hybridized carbons (Fsp3) is 0.609. The van der Waals surface area contributed by atoms with Crippen LogP contribution in [0.4, 0.5) is 0 Å². The third-order valence-corrected chi connectivity index (χ3v) is 6.81. The molecule has 3 unspecified atom stereocenters. The van der Waals surface area contributed by atoms with Crippen molar-refractivity contribution in [3.8, 4) is 5.75 Å². The van der Waals surface area contributed by atoms with Gasteiger partial charge in [0.15, 0.2) is 0 Å². The molecule has 162 valence electrons. The van der Waals surface area contributed by atoms with E-state index in [0.717, 1.165) is 19.3 Å². The Balaban J connectivity index is 1.40. The van der Waals surface area contributed by atoms with Crippen molar-refractivity contribution in [1.82, 2.24) is 15.5 Å². The van der Waals surface area contributed by atoms with Crippen LogP contribution in [0.15, 0.2) is 24.3 Å². The van der Waals surface area contributed by atoms with Gasteiger partial charge in [-0.05, 0) is 37.3 Å². The molecule has 2 heterocycles. The summed E-state index contributed by atoms with van der Waals surface area (Å²) in [4.78, 5) is 39.4. The van der Waals surface area contributed by atoms with Crippen LogP contribution in [0, 0.1) is 5.92 Å². The third kappa shape index (κ3) is 4.45. The SMILES string of the molecule is CC1CCCCC1NC(=O)CN1CCC2(CCC1=O)CNC(=O)c1ccccc1O2. The highest BCUT2D eigenvalue weighted by molar-refractivity contribution is 5.97. The molecule has 7 heteroatoms. The number of hydrogen-bond acceptors (Lipinski definition) is 4. The van der Waals surface area contributed by atoms with E-state index in [9.17, 15) is 14.4 Å². The molecular formula is C23H31N3O4. The molecule has 0 aromatic heterocycles. The number of carbonyl (C=O) groups is 3. The summed E-state index contributed by atoms with van der Waals surface area (Å²) < 4.78 is 6.31. The first-order chi connectivity index (χ1) is 14.5. The maximum absolute atomic E-state index is 12.7. The average molecular weight is 414 g/mol. The van der Waals surface area contributed by atoms with Crippen molar-refractivity contribution in [2.45, 2.75) is 63.5 Å². The van der Waals surface area contributed by atoms with E-state index in [4.69, 9.17) is 4.74 Å². The van der Waals surface area contributed by atoms with Gasteiger partial charge in [0, 0.05) is 25.4 Å². The van der Waals surface area contributed by atoms with Crippen LogP contribution < -0.4 is 15.4 Å². The van der Waals surface area contributed by atoms with Crippen LogP contribution in [0.1, 0.15) is 62.2 Å². The summed E-state index contributed by atoms with van der Waals surface area (Å²) in [7, 11) is 0. The van der Waals surface area contributed by atoms with E-state index in [1.807, 2.05) is 12.1 Å². The molecule has 4 rings (SSSR count). The van der Waals surface area contributed by atoms with Crippen molar-refractivity contribution in [1.29, 1.82) is 0 Å². The first kappa shape index (κ1) is 20.7. The second kappa shape index (κ2) is 8.66. The van der Waals surface area contributed by atoms with Gasteiger partial charge in [-0.2, -0.15) is 0 Å². The molecule has 1 aromatic rings. The monoisotopic (exact) mass is 413 g/mol. The number of carbonyl (C=O) groups excluding carboxylic acids is 3. The number of amides is 3. The van der Waals surface area contributed by atoms with Gasteiger partial charge in [-0.1, -0.05) is 31.9 Å². The summed E-state index contributed by atoms with van der Waals surface area (Å²) >= 11 is 0. The Kier molecular flexibility index (Phi) is 5.97. The van der Waals surface area contributed by atoms with Gasteiger partial charge in [0.05, 0.1) is 18.7 Å². The van der Waals surface area contributed by atoms with E-state index >= 15 is 0 Å². The van der Waals surface area contributed by atoms with Crippen molar-refractivity contribution in [2.75, 3.05) is 19.6 Å². The summed E-state index contributed by atoms with van der Waals surface area (Å²) in [5.74, 6) is 0.756. The largest absolute Gasteiger partial charge is 0.485 e. The molecule has 30 heavy (non-hydrogen) atoms. The summed E-state index contributed by atoms with van der Waals surface area (Å²) in [6, 6.07) is 7.40. The fourth-order valence-electron chi connectivity index (χ4n) is 4.83. The normalized spacial score (nSPS) is 29.3. The highest BCUT2D eigenvalue weighted by Gasteiger charge is 2.40. The van der Waals surface area contributed by atoms with Crippen LogP contribution in [-0.4, -0.2) is 53.9 Å². The lowest BCUT2D eigenvalue weighted by Crippen LogP contribution is -2.48. The van der Waals surface area contributed by atoms with E-state index in [0.29, 0.717) is 49.6 Å². The Hall–Kier alpha value is -2.57. The molecule has 0 bridgehead atoms. The second-order valence-electron chi connectivity index (χ2n) is 8.96. The zero-order valence-corrected chi connectivity index (χ0v) is 17.6. The molecule has 3 atom stereocenters. The highest BCUT2D eigenvalue weighted by atomic mass is 16.5. The maximum atomic E-state index is 12.7. The lowest BCUT2D eigenvalue weighted by Gasteiger charge is -2.32. The Morgan fingerprint density at radius 2 is 2.03 bits per heavy atom. The topological polar surface area (TPSA) is 87.7 Å². The Labute approximate surface area is 177 Å². The van der Waals surface area contributed by atoms with E-state index in [2.05, 4.69) is 17.6 Å². The number of benzene rings is 1. The van der Waals surface area contributed by atoms with Gasteiger partial charge < -0.3 is 20.3 Å². The minimum Gasteiger partial charge on any atom is -0.485 e. The molecule has 3 amide bonds. The number of likely N-dealkylation sites (tertiary alicyclic amines) is 1. The van der Waals surface area contributed by atoms with Crippen molar-refractivity contribution in [3.63, 3.8) is 0 Å². The van der Waals surface area contributed by atoms with Crippen molar-refractivity contribution < 1.29 is 19.1 Å². The van der Waals surface area contributed by atoms with E-state index in [1.54, 1.807) is 17.0 Å². The van der Waals surface area contributed by atoms with Gasteiger partial charge in [-0.15, -0.1) is 0 Å². The van der Waals surface area contributed by atoms with Crippen molar-refractivity contribution in [2.24, 2.45) is 5.92 Å². The summed E-state index contributed by atoms with van der Waals surface area (Å²) in [6.45, 7) is 3.06. The van der Waals surface area contributed by atoms with Gasteiger partial charge in [0.1, 0.15) is 11.4 Å². The van der Waals surface area contributed by atoms with Gasteiger partial charge in [0.25, 0.3) is 5.91 Å². The smallest absolute Gasteiger partial charge is 0.255 e. The van der Waals surface area contributed by atoms with Crippen LogP contribution in [0.2, 0.25) is 0 Å². The number of fused-ring (bicyclic) bond motifs is 1. The van der Waals surface area contributed by atoms with E-state index < -0.39 is 5.60 Å². The molecule has 0 radical (unpaired) electrons. The van der Waals surface area contributed by atoms with Crippen LogP contribution in [-0.2, 0) is 9.59 Å². The van der Waals surface area contributed by atoms with Crippen LogP contribution in [0.3, 0.4) is 0 Å². The van der Waals surface area contributed by atoms with E-state index in [1.165, 1.54) is 6.42 Å². The van der Waals surface area contributed by atoms with Gasteiger partial charge in [-0.25, -0.2) is 0 Å². The molecular weight excluding hydrogens is 382 g/mol. The van der Waals surface area contributed by atoms with Crippen molar-refractivity contribution in [3.05, 3.63) is 29.8 Å². The number of hydrogen-bond donors (Lipinski definition) is 2. The summed E-state index contributed by atoms with van der Waals surface area (Å²) in [5.41, 5.74) is -0.121. The Morgan fingerprint density at radius 1 is 1.23 bits per heavy atom. The lowest BCUT2D eigenvalue weighted by molar-refractivity contribution is -0.136. The van der Waals surface area contributed by atoms with Gasteiger partial charge in [0.2, 0.25) is 11.8 Å². The van der Waals surface area contributed by atoms with Crippen LogP contribution in [0.25, 0.3) is 0 Å². The number of rotatable bonds is 3. The van der Waals surface area contributed by atoms with Crippen LogP contribution >= 0.6 is 0 Å². The standard InChI is InChI=1S/C23H31N3O4/c1-16-6-2-4-8-18(16)25-20(27)14-26-13-12-23(11-10-21(26)28)15-24-22(29)17-7-3-5-9-19(17)30-23/h3,5,7,9,16,18H,2,4,6,8,10-15H2,1H3,(H,24,29)(H,25,27). The number of nitrogens with zero attached hydrogens (tertiary/aromatic N) is 1. The molecule has 1 aliphatic carbocycles. The zero-order chi connectivity index (χ0) is 21.1. The predicted octanol–water partition coefficient (Wildman–Crippen LogP) is 2.26. The number of ether oxygens (including phenoxy) is 1. The first-order valence-corrected chi connectivity index (χ1v) is 11.1. The minimum atomic E-state index is -0.638. The molecule has 3 aliphatic rings. The summed E-state index contributed by atoms with van der Waals surface area (Å²) in [6.07, 6.45) is 5.90. The molecule has 1 saturated heterocycles. The number of nitrogens with one attached hydrogen (secondary N) is 2. The van der Waals surface area contributed by atoms with Gasteiger partial charge >= 0.3 is 0 Å². The first-order valence-electron chi connectivity index (χ1n) is 11.1. The highest BCUT2D eigenvalue weighted by Crippen LogP contribution is 2.33. The molecule has 2 aliphatic heterocycles. The molecule has 1 spiro atoms. The van der Waals surface area contributed by atoms with Gasteiger partial charge in [-0.3, -0.25) is 14.4 Å². The van der Waals surface area contributed by atoms with Crippen LogP contribution in [0.5, 0.6) is 5.75 Å². The maximum Gasteiger partial charge on any atom is 0.255 e. The number of para-hydroxylation sites is 1. The minimum absolute atomic E-state index is 0.0359. The molecule has 2 fully saturated rings. The zero-order valence-electron chi connectivity index (χ0n) is 17.6. The van der Waals surface area contributed by atoms with E-state index in [-0.39, 0.29) is 30.3 Å². The lowest BCUT2D eigenvalue weighted by atomic mass is 9.86. The molecule has 7 nitrogen and oxygen atoms in total. The quantitative estimate of drug-likeness (QED) is 0.796. The average Bonchev–Trinajstić information content (AvgIpc) is 2.98. The summed E-state index contributed by atoms with van der Waals surface area (Å²) in [5, 5.41) is 6.08. The molecule has 2 N–H and O–H groups in total. The van der Waals surface area contributed by atoms with Crippen molar-refractivity contribution >= 4 is 17.7 Å².